The first kappa shape index (κ1) is 16.5. The van der Waals surface area contributed by atoms with Crippen molar-refractivity contribution in [2.75, 3.05) is 13.2 Å². The fourth-order valence-corrected chi connectivity index (χ4v) is 2.65. The summed E-state index contributed by atoms with van der Waals surface area (Å²) in [5.74, 6) is -1.17. The minimum atomic E-state index is -1.15. The van der Waals surface area contributed by atoms with Crippen molar-refractivity contribution in [1.82, 2.24) is 5.32 Å². The molecule has 2 rings (SSSR count). The Morgan fingerprint density at radius 2 is 1.86 bits per heavy atom. The van der Waals surface area contributed by atoms with Crippen LogP contribution < -0.4 is 5.32 Å². The van der Waals surface area contributed by atoms with E-state index in [9.17, 15) is 14.7 Å². The SMILES string of the molecule is Cc1ccc(CCCC(=O)NC2(C(=O)O)CCOCC2)cc1. The molecule has 1 saturated heterocycles. The molecule has 0 spiro atoms. The van der Waals surface area contributed by atoms with Crippen molar-refractivity contribution in [2.24, 2.45) is 0 Å². The van der Waals surface area contributed by atoms with Crippen LogP contribution in [0.3, 0.4) is 0 Å². The van der Waals surface area contributed by atoms with Gasteiger partial charge >= 0.3 is 5.97 Å². The number of benzene rings is 1. The Kier molecular flexibility index (Phi) is 5.55. The normalized spacial score (nSPS) is 17.0. The summed E-state index contributed by atoms with van der Waals surface area (Å²) in [4.78, 5) is 23.5. The molecule has 1 aromatic carbocycles. The summed E-state index contributed by atoms with van der Waals surface area (Å²) >= 11 is 0. The predicted molar refractivity (Wildman–Crippen MR) is 82.7 cm³/mol. The van der Waals surface area contributed by atoms with E-state index in [-0.39, 0.29) is 5.91 Å². The fourth-order valence-electron chi connectivity index (χ4n) is 2.65. The van der Waals surface area contributed by atoms with Crippen LogP contribution in [-0.4, -0.2) is 35.7 Å². The van der Waals surface area contributed by atoms with Gasteiger partial charge in [-0.2, -0.15) is 0 Å². The van der Waals surface area contributed by atoms with E-state index in [1.54, 1.807) is 0 Å². The highest BCUT2D eigenvalue weighted by atomic mass is 16.5. The molecule has 0 unspecified atom stereocenters. The fraction of sp³-hybridized carbons (Fsp3) is 0.529. The van der Waals surface area contributed by atoms with Crippen molar-refractivity contribution >= 4 is 11.9 Å². The molecule has 0 saturated carbocycles. The molecular weight excluding hydrogens is 282 g/mol. The van der Waals surface area contributed by atoms with Crippen LogP contribution in [0.25, 0.3) is 0 Å². The standard InChI is InChI=1S/C17H23NO4/c1-13-5-7-14(8-6-13)3-2-4-15(19)18-17(16(20)21)9-11-22-12-10-17/h5-8H,2-4,9-12H2,1H3,(H,18,19)(H,20,21). The number of nitrogens with one attached hydrogen (secondary N) is 1. The number of carbonyl (C=O) groups is 2. The third kappa shape index (κ3) is 4.31. The number of hydrogen-bond donors (Lipinski definition) is 2. The van der Waals surface area contributed by atoms with E-state index >= 15 is 0 Å². The lowest BCUT2D eigenvalue weighted by atomic mass is 9.90. The first-order valence-corrected chi connectivity index (χ1v) is 7.69. The van der Waals surface area contributed by atoms with Gasteiger partial charge in [-0.3, -0.25) is 4.79 Å². The van der Waals surface area contributed by atoms with Gasteiger partial charge in [0.15, 0.2) is 0 Å². The summed E-state index contributed by atoms with van der Waals surface area (Å²) < 4.78 is 5.19. The number of aliphatic carboxylic acids is 1. The number of aryl methyl sites for hydroxylation is 2. The maximum absolute atomic E-state index is 12.0. The Morgan fingerprint density at radius 1 is 1.23 bits per heavy atom. The highest BCUT2D eigenvalue weighted by Gasteiger charge is 2.41. The molecule has 1 aromatic rings. The summed E-state index contributed by atoms with van der Waals surface area (Å²) in [7, 11) is 0. The molecule has 0 atom stereocenters. The van der Waals surface area contributed by atoms with Gasteiger partial charge in [-0.15, -0.1) is 0 Å². The van der Waals surface area contributed by atoms with Crippen LogP contribution in [0.1, 0.15) is 36.8 Å². The molecule has 1 heterocycles. The lowest BCUT2D eigenvalue weighted by Gasteiger charge is -2.33. The van der Waals surface area contributed by atoms with Crippen molar-refractivity contribution < 1.29 is 19.4 Å². The van der Waals surface area contributed by atoms with Crippen molar-refractivity contribution in [3.05, 3.63) is 35.4 Å². The first-order chi connectivity index (χ1) is 10.5. The maximum Gasteiger partial charge on any atom is 0.329 e. The number of carboxylic acids is 1. The molecule has 1 amide bonds. The third-order valence-electron chi connectivity index (χ3n) is 4.12. The van der Waals surface area contributed by atoms with Crippen molar-refractivity contribution in [3.63, 3.8) is 0 Å². The van der Waals surface area contributed by atoms with E-state index in [0.29, 0.717) is 38.9 Å². The van der Waals surface area contributed by atoms with Gasteiger partial charge in [-0.05, 0) is 25.3 Å². The average Bonchev–Trinajstić information content (AvgIpc) is 2.50. The number of amides is 1. The Hall–Kier alpha value is -1.88. The first-order valence-electron chi connectivity index (χ1n) is 7.69. The number of rotatable bonds is 6. The van der Waals surface area contributed by atoms with E-state index < -0.39 is 11.5 Å². The highest BCUT2D eigenvalue weighted by molar-refractivity contribution is 5.87. The van der Waals surface area contributed by atoms with Crippen LogP contribution in [0, 0.1) is 6.92 Å². The smallest absolute Gasteiger partial charge is 0.329 e. The molecule has 1 fully saturated rings. The van der Waals surface area contributed by atoms with Crippen LogP contribution in [0.2, 0.25) is 0 Å². The largest absolute Gasteiger partial charge is 0.480 e. The van der Waals surface area contributed by atoms with E-state index in [1.807, 2.05) is 6.92 Å². The Bertz CT molecular complexity index is 518. The summed E-state index contributed by atoms with van der Waals surface area (Å²) in [5, 5.41) is 12.1. The molecule has 0 radical (unpaired) electrons. The minimum absolute atomic E-state index is 0.198. The zero-order valence-corrected chi connectivity index (χ0v) is 12.9. The van der Waals surface area contributed by atoms with Crippen molar-refractivity contribution in [3.8, 4) is 0 Å². The molecule has 120 valence electrons. The van der Waals surface area contributed by atoms with Gasteiger partial charge in [0.1, 0.15) is 5.54 Å². The van der Waals surface area contributed by atoms with E-state index in [2.05, 4.69) is 29.6 Å². The number of carbonyl (C=O) groups excluding carboxylic acids is 1. The second-order valence-electron chi connectivity index (χ2n) is 5.89. The van der Waals surface area contributed by atoms with Gasteiger partial charge in [-0.1, -0.05) is 29.8 Å². The van der Waals surface area contributed by atoms with Crippen LogP contribution >= 0.6 is 0 Å². The maximum atomic E-state index is 12.0. The molecule has 0 aromatic heterocycles. The molecule has 5 nitrogen and oxygen atoms in total. The second kappa shape index (κ2) is 7.40. The monoisotopic (exact) mass is 305 g/mol. The quantitative estimate of drug-likeness (QED) is 0.843. The van der Waals surface area contributed by atoms with Gasteiger partial charge in [-0.25, -0.2) is 4.79 Å². The number of ether oxygens (including phenoxy) is 1. The molecular formula is C17H23NO4. The second-order valence-corrected chi connectivity index (χ2v) is 5.89. The summed E-state index contributed by atoms with van der Waals surface area (Å²) in [5.41, 5.74) is 1.25. The van der Waals surface area contributed by atoms with Crippen LogP contribution in [0.15, 0.2) is 24.3 Å². The minimum Gasteiger partial charge on any atom is -0.480 e. The Morgan fingerprint density at radius 3 is 2.45 bits per heavy atom. The predicted octanol–water partition coefficient (Wildman–Crippen LogP) is 2.07. The van der Waals surface area contributed by atoms with Crippen LogP contribution in [0.4, 0.5) is 0 Å². The zero-order valence-electron chi connectivity index (χ0n) is 12.9. The molecule has 2 N–H and O–H groups in total. The summed E-state index contributed by atoms with van der Waals surface area (Å²) in [6, 6.07) is 8.22. The molecule has 0 bridgehead atoms. The number of hydrogen-bond acceptors (Lipinski definition) is 3. The molecule has 22 heavy (non-hydrogen) atoms. The molecule has 1 aliphatic rings. The zero-order chi connectivity index (χ0) is 16.0. The lowest BCUT2D eigenvalue weighted by molar-refractivity contribution is -0.152. The van der Waals surface area contributed by atoms with Gasteiger partial charge in [0.05, 0.1) is 0 Å². The molecule has 5 heteroatoms. The van der Waals surface area contributed by atoms with Gasteiger partial charge in [0.2, 0.25) is 5.91 Å². The van der Waals surface area contributed by atoms with E-state index in [0.717, 1.165) is 6.42 Å². The van der Waals surface area contributed by atoms with Gasteiger partial charge < -0.3 is 15.2 Å². The van der Waals surface area contributed by atoms with E-state index in [1.165, 1.54) is 11.1 Å². The van der Waals surface area contributed by atoms with Crippen LogP contribution in [0.5, 0.6) is 0 Å². The summed E-state index contributed by atoms with van der Waals surface area (Å²) in [6.07, 6.45) is 2.51. The van der Waals surface area contributed by atoms with Gasteiger partial charge in [0, 0.05) is 32.5 Å². The molecule has 1 aliphatic heterocycles. The topological polar surface area (TPSA) is 75.6 Å². The van der Waals surface area contributed by atoms with Crippen molar-refractivity contribution in [1.29, 1.82) is 0 Å². The van der Waals surface area contributed by atoms with Gasteiger partial charge in [0.25, 0.3) is 0 Å². The number of carboxylic acid groups (broad SMARTS) is 1. The Labute approximate surface area is 130 Å². The van der Waals surface area contributed by atoms with Crippen molar-refractivity contribution in [2.45, 2.75) is 44.6 Å². The van der Waals surface area contributed by atoms with Crippen LogP contribution in [-0.2, 0) is 20.7 Å². The average molecular weight is 305 g/mol. The third-order valence-corrected chi connectivity index (χ3v) is 4.12. The van der Waals surface area contributed by atoms with E-state index in [4.69, 9.17) is 4.74 Å². The lowest BCUT2D eigenvalue weighted by Crippen LogP contribution is -2.57. The Balaban J connectivity index is 1.81. The summed E-state index contributed by atoms with van der Waals surface area (Å²) in [6.45, 7) is 2.78. The molecule has 0 aliphatic carbocycles. The highest BCUT2D eigenvalue weighted by Crippen LogP contribution is 2.21.